The molecule has 6 aromatic rings. The van der Waals surface area contributed by atoms with Crippen LogP contribution in [0, 0.1) is 17.8 Å². The maximum absolute atomic E-state index is 16.1. The molecule has 2 saturated heterocycles. The van der Waals surface area contributed by atoms with Crippen molar-refractivity contribution < 1.29 is 33.7 Å². The highest BCUT2D eigenvalue weighted by Gasteiger charge is 2.74. The zero-order valence-corrected chi connectivity index (χ0v) is 37.0. The van der Waals surface area contributed by atoms with Crippen molar-refractivity contribution in [3.8, 4) is 29.1 Å². The molecule has 4 aliphatic heterocycles. The van der Waals surface area contributed by atoms with Gasteiger partial charge in [-0.15, -0.1) is 0 Å². The molecule has 2 fully saturated rings. The van der Waals surface area contributed by atoms with E-state index in [2.05, 4.69) is 39.1 Å². The second kappa shape index (κ2) is 17.5. The second-order valence-corrected chi connectivity index (χ2v) is 17.5. The summed E-state index contributed by atoms with van der Waals surface area (Å²) >= 11 is 0. The highest BCUT2D eigenvalue weighted by molar-refractivity contribution is 6.12. The summed E-state index contributed by atoms with van der Waals surface area (Å²) in [6.45, 7) is 1.77. The van der Waals surface area contributed by atoms with Gasteiger partial charge in [0.05, 0.1) is 38.8 Å². The topological polar surface area (TPSA) is 121 Å². The van der Waals surface area contributed by atoms with E-state index in [1.807, 2.05) is 116 Å². The number of amides is 2. The maximum Gasteiger partial charge on any atom is 0.324 e. The van der Waals surface area contributed by atoms with Crippen LogP contribution in [0.1, 0.15) is 62.7 Å². The molecular weight excluding hydrogens is 829 g/mol. The van der Waals surface area contributed by atoms with Gasteiger partial charge < -0.3 is 29.5 Å². The predicted octanol–water partition coefficient (Wildman–Crippen LogP) is 7.75. The molecule has 2 N–H and O–H groups in total. The summed E-state index contributed by atoms with van der Waals surface area (Å²) in [5.41, 5.74) is 5.44. The van der Waals surface area contributed by atoms with E-state index in [-0.39, 0.29) is 18.2 Å². The fourth-order valence-corrected chi connectivity index (χ4v) is 10.8. The zero-order valence-electron chi connectivity index (χ0n) is 37.0. The lowest BCUT2D eigenvalue weighted by Crippen LogP contribution is -2.56. The summed E-state index contributed by atoms with van der Waals surface area (Å²) in [7, 11) is 5.19. The minimum Gasteiger partial charge on any atom is -0.508 e. The maximum atomic E-state index is 16.1. The molecule has 4 heterocycles. The van der Waals surface area contributed by atoms with Crippen LogP contribution in [0.25, 0.3) is 0 Å². The normalized spacial score (nSPS) is 23.0. The van der Waals surface area contributed by atoms with Crippen molar-refractivity contribution in [2.75, 3.05) is 39.7 Å². The van der Waals surface area contributed by atoms with Crippen LogP contribution in [0.2, 0.25) is 0 Å². The number of phenols is 1. The third-order valence-electron chi connectivity index (χ3n) is 13.7. The fourth-order valence-electron chi connectivity index (χ4n) is 10.8. The molecule has 6 aromatic carbocycles. The van der Waals surface area contributed by atoms with Crippen molar-refractivity contribution in [3.63, 3.8) is 0 Å². The van der Waals surface area contributed by atoms with E-state index in [1.165, 1.54) is 5.56 Å². The third-order valence-corrected chi connectivity index (χ3v) is 13.7. The Morgan fingerprint density at radius 1 is 0.803 bits per heavy atom. The Bertz CT molecular complexity index is 2860. The number of hydrogen-bond donors (Lipinski definition) is 2. The van der Waals surface area contributed by atoms with E-state index >= 15 is 14.4 Å². The van der Waals surface area contributed by atoms with Crippen molar-refractivity contribution in [2.45, 2.75) is 49.2 Å². The molecule has 0 bridgehead atoms. The van der Waals surface area contributed by atoms with Crippen LogP contribution in [0.5, 0.6) is 17.2 Å². The first-order valence-electron chi connectivity index (χ1n) is 22.3. The lowest BCUT2D eigenvalue weighted by molar-refractivity contribution is -0.179. The van der Waals surface area contributed by atoms with E-state index < -0.39 is 47.4 Å². The average Bonchev–Trinajstić information content (AvgIpc) is 3.82. The Morgan fingerprint density at radius 3 is 2.14 bits per heavy atom. The summed E-state index contributed by atoms with van der Waals surface area (Å²) in [6, 6.07) is 43.1. The number of nitrogens with one attached hydrogen (secondary N) is 1. The monoisotopic (exact) mass is 878 g/mol. The minimum absolute atomic E-state index is 0.0416. The van der Waals surface area contributed by atoms with Crippen molar-refractivity contribution in [2.24, 2.45) is 5.92 Å². The van der Waals surface area contributed by atoms with Gasteiger partial charge >= 0.3 is 5.97 Å². The molecule has 1 spiro atoms. The number of carbonyl (C=O) groups excluding carboxylic acids is 3. The van der Waals surface area contributed by atoms with E-state index in [4.69, 9.17) is 14.2 Å². The molecule has 10 rings (SSSR count). The number of cyclic esters (lactones) is 1. The number of phenolic OH excluding ortho intramolecular Hbond substituents is 1. The van der Waals surface area contributed by atoms with Crippen LogP contribution < -0.4 is 14.8 Å². The lowest BCUT2D eigenvalue weighted by Gasteiger charge is -2.46. The molecule has 0 unspecified atom stereocenters. The number of aromatic hydroxyl groups is 1. The van der Waals surface area contributed by atoms with Crippen LogP contribution >= 0.6 is 0 Å². The summed E-state index contributed by atoms with van der Waals surface area (Å²) in [5, 5.41) is 13.9. The van der Waals surface area contributed by atoms with Crippen LogP contribution in [0.4, 0.5) is 5.69 Å². The molecule has 0 radical (unpaired) electrons. The van der Waals surface area contributed by atoms with E-state index in [1.54, 1.807) is 43.4 Å². The number of nitrogens with zero attached hydrogens (tertiary/aromatic N) is 3. The van der Waals surface area contributed by atoms with E-state index in [0.717, 1.165) is 28.8 Å². The van der Waals surface area contributed by atoms with Gasteiger partial charge in [-0.2, -0.15) is 0 Å². The Balaban J connectivity index is 1.17. The largest absolute Gasteiger partial charge is 0.508 e. The van der Waals surface area contributed by atoms with Gasteiger partial charge in [0.15, 0.2) is 11.5 Å². The summed E-state index contributed by atoms with van der Waals surface area (Å²) in [5.74, 6) is 5.26. The smallest absolute Gasteiger partial charge is 0.324 e. The summed E-state index contributed by atoms with van der Waals surface area (Å²) in [4.78, 5) is 53.1. The van der Waals surface area contributed by atoms with Crippen molar-refractivity contribution in [1.82, 2.24) is 14.7 Å². The number of methoxy groups -OCH3 is 2. The van der Waals surface area contributed by atoms with E-state index in [0.29, 0.717) is 53.4 Å². The summed E-state index contributed by atoms with van der Waals surface area (Å²) < 4.78 is 17.9. The molecule has 0 saturated carbocycles. The number of hydrogen-bond acceptors (Lipinski definition) is 9. The first kappa shape index (κ1) is 42.6. The first-order chi connectivity index (χ1) is 32.2. The van der Waals surface area contributed by atoms with Gasteiger partial charge in [-0.05, 0) is 94.9 Å². The molecule has 66 heavy (non-hydrogen) atoms. The number of esters is 1. The van der Waals surface area contributed by atoms with E-state index in [9.17, 15) is 5.11 Å². The van der Waals surface area contributed by atoms with Crippen LogP contribution in [-0.2, 0) is 44.0 Å². The number of morpholine rings is 1. The van der Waals surface area contributed by atoms with Crippen molar-refractivity contribution in [3.05, 3.63) is 190 Å². The number of fused-ring (bicyclic) bond motifs is 4. The quantitative estimate of drug-likeness (QED) is 0.111. The molecule has 11 nitrogen and oxygen atoms in total. The lowest BCUT2D eigenvalue weighted by atomic mass is 9.65. The Hall–Kier alpha value is -7.39. The average molecular weight is 879 g/mol. The second-order valence-electron chi connectivity index (χ2n) is 17.5. The molecule has 2 amide bonds. The number of carbonyl (C=O) groups is 3. The van der Waals surface area contributed by atoms with Gasteiger partial charge in [0.2, 0.25) is 11.8 Å². The van der Waals surface area contributed by atoms with Gasteiger partial charge in [0, 0.05) is 30.9 Å². The first-order valence-corrected chi connectivity index (χ1v) is 22.3. The SMILES string of the molecule is COc1cc2c(cc1OC)CN(C(=O)[C@@H]1[C@H]3C(=O)O[C@H](c4ccccc4)[C@H](c4ccccc4)N3[C@H](c3ccc(O)cc3)[C@@]13C(=O)Nc1ccc(C#CCN(C)Cc4ccccc4)cc13)CC2. The molecule has 332 valence electrons. The number of benzene rings is 6. The summed E-state index contributed by atoms with van der Waals surface area (Å²) in [6.07, 6.45) is -0.285. The molecule has 0 aromatic heterocycles. The van der Waals surface area contributed by atoms with Crippen molar-refractivity contribution in [1.29, 1.82) is 0 Å². The van der Waals surface area contributed by atoms with Crippen LogP contribution in [-0.4, -0.2) is 78.0 Å². The third kappa shape index (κ3) is 7.32. The number of rotatable bonds is 9. The molecule has 6 atom stereocenters. The predicted molar refractivity (Wildman–Crippen MR) is 249 cm³/mol. The number of ether oxygens (including phenoxy) is 3. The number of anilines is 1. The van der Waals surface area contributed by atoms with Gasteiger partial charge in [0.25, 0.3) is 0 Å². The van der Waals surface area contributed by atoms with Crippen LogP contribution in [0.15, 0.2) is 146 Å². The Labute approximate surface area is 384 Å². The van der Waals surface area contributed by atoms with Gasteiger partial charge in [-0.3, -0.25) is 24.2 Å². The molecule has 4 aliphatic rings. The van der Waals surface area contributed by atoms with Crippen molar-refractivity contribution >= 4 is 23.5 Å². The van der Waals surface area contributed by atoms with Gasteiger partial charge in [-0.25, -0.2) is 0 Å². The molecule has 0 aliphatic carbocycles. The Morgan fingerprint density at radius 2 is 1.45 bits per heavy atom. The molecule has 11 heteroatoms. The van der Waals surface area contributed by atoms with Gasteiger partial charge in [-0.1, -0.05) is 115 Å². The zero-order chi connectivity index (χ0) is 45.5. The molecular formula is C55H50N4O7. The highest BCUT2D eigenvalue weighted by Crippen LogP contribution is 2.65. The Kier molecular flexibility index (Phi) is 11.3. The highest BCUT2D eigenvalue weighted by atomic mass is 16.6. The standard InChI is InChI=1S/C55H50N4O7/c1-57(33-36-14-7-4-8-15-36)28-13-16-35-21-26-44-43(30-35)55(54(63)56-44)47(52(61)58-29-27-40-31-45(64-2)46(65-3)32-41(40)34-58)49-53(62)66-50(38-19-11-6-12-20-38)48(37-17-9-5-10-18-37)59(49)51(55)39-22-24-42(60)25-23-39/h4-12,14-15,17-26,30-32,47-51,60H,27-29,33-34H2,1-3H3,(H,56,63)/t47-,48-,49-,50+,51+,55-/m0/s1. The fraction of sp³-hybridized carbons (Fsp3) is 0.255. The minimum atomic E-state index is -1.69. The van der Waals surface area contributed by atoms with Gasteiger partial charge in [0.1, 0.15) is 23.3 Å². The van der Waals surface area contributed by atoms with Crippen LogP contribution in [0.3, 0.4) is 0 Å².